The SMILES string of the molecule is COc1ccc2nccc(CC[C@@H]3CC[C@@H](NC(=O)OC(C)(C)C)[C@@H](CCO)O3)c2n1. The number of methoxy groups -OCH3 is 1. The van der Waals surface area contributed by atoms with Gasteiger partial charge in [0.2, 0.25) is 5.88 Å². The van der Waals surface area contributed by atoms with Crippen molar-refractivity contribution in [1.29, 1.82) is 0 Å². The Hall–Kier alpha value is -2.45. The number of carbonyl (C=O) groups excluding carboxylic acids is 1. The van der Waals surface area contributed by atoms with E-state index in [0.717, 1.165) is 42.3 Å². The lowest BCUT2D eigenvalue weighted by Crippen LogP contribution is -2.50. The minimum Gasteiger partial charge on any atom is -0.481 e. The number of alkyl carbamates (subject to hydrolysis) is 1. The second-order valence-electron chi connectivity index (χ2n) is 8.87. The molecule has 1 aliphatic heterocycles. The van der Waals surface area contributed by atoms with Gasteiger partial charge in [0.15, 0.2) is 0 Å². The summed E-state index contributed by atoms with van der Waals surface area (Å²) in [7, 11) is 1.60. The van der Waals surface area contributed by atoms with Crippen LogP contribution in [0, 0.1) is 0 Å². The predicted octanol–water partition coefficient (Wildman–Crippen LogP) is 3.39. The highest BCUT2D eigenvalue weighted by molar-refractivity contribution is 5.78. The van der Waals surface area contributed by atoms with Crippen LogP contribution in [-0.2, 0) is 15.9 Å². The molecule has 1 aliphatic rings. The molecular formula is C23H33N3O5. The molecule has 0 aromatic carbocycles. The second kappa shape index (κ2) is 10.2. The largest absolute Gasteiger partial charge is 0.481 e. The molecule has 0 saturated carbocycles. The summed E-state index contributed by atoms with van der Waals surface area (Å²) in [6.45, 7) is 5.50. The van der Waals surface area contributed by atoms with Crippen molar-refractivity contribution in [3.63, 3.8) is 0 Å². The predicted molar refractivity (Wildman–Crippen MR) is 117 cm³/mol. The van der Waals surface area contributed by atoms with Crippen LogP contribution in [0.4, 0.5) is 4.79 Å². The Kier molecular flexibility index (Phi) is 7.67. The van der Waals surface area contributed by atoms with Gasteiger partial charge in [0.1, 0.15) is 5.60 Å². The first-order valence-electron chi connectivity index (χ1n) is 10.8. The van der Waals surface area contributed by atoms with Crippen molar-refractivity contribution in [2.45, 2.75) is 76.7 Å². The van der Waals surface area contributed by atoms with Gasteiger partial charge in [0.05, 0.1) is 36.4 Å². The third-order valence-corrected chi connectivity index (χ3v) is 5.32. The maximum atomic E-state index is 12.2. The highest BCUT2D eigenvalue weighted by Crippen LogP contribution is 2.27. The van der Waals surface area contributed by atoms with Gasteiger partial charge in [-0.1, -0.05) is 0 Å². The summed E-state index contributed by atoms with van der Waals surface area (Å²) < 4.78 is 16.9. The van der Waals surface area contributed by atoms with Gasteiger partial charge in [-0.2, -0.15) is 0 Å². The van der Waals surface area contributed by atoms with Gasteiger partial charge in [0.25, 0.3) is 0 Å². The fraction of sp³-hybridized carbons (Fsp3) is 0.609. The number of nitrogens with zero attached hydrogens (tertiary/aromatic N) is 2. The number of amides is 1. The average Bonchev–Trinajstić information content (AvgIpc) is 2.72. The summed E-state index contributed by atoms with van der Waals surface area (Å²) in [6.07, 6.45) is 4.81. The summed E-state index contributed by atoms with van der Waals surface area (Å²) in [6, 6.07) is 5.52. The highest BCUT2D eigenvalue weighted by atomic mass is 16.6. The van der Waals surface area contributed by atoms with Gasteiger partial charge in [0, 0.05) is 18.9 Å². The van der Waals surface area contributed by atoms with Gasteiger partial charge in [-0.25, -0.2) is 9.78 Å². The lowest BCUT2D eigenvalue weighted by molar-refractivity contribution is -0.0796. The number of rotatable bonds is 7. The zero-order valence-electron chi connectivity index (χ0n) is 18.8. The molecule has 0 bridgehead atoms. The van der Waals surface area contributed by atoms with E-state index in [0.29, 0.717) is 12.3 Å². The maximum absolute atomic E-state index is 12.2. The number of aliphatic hydroxyl groups is 1. The van der Waals surface area contributed by atoms with Crippen LogP contribution < -0.4 is 10.1 Å². The topological polar surface area (TPSA) is 103 Å². The van der Waals surface area contributed by atoms with Crippen LogP contribution in [0.3, 0.4) is 0 Å². The van der Waals surface area contributed by atoms with E-state index in [9.17, 15) is 9.90 Å². The molecule has 8 nitrogen and oxygen atoms in total. The number of nitrogens with one attached hydrogen (secondary N) is 1. The number of hydrogen-bond acceptors (Lipinski definition) is 7. The van der Waals surface area contributed by atoms with Gasteiger partial charge < -0.3 is 24.6 Å². The minimum atomic E-state index is -0.557. The van der Waals surface area contributed by atoms with Crippen molar-refractivity contribution in [2.24, 2.45) is 0 Å². The van der Waals surface area contributed by atoms with Gasteiger partial charge >= 0.3 is 6.09 Å². The summed E-state index contributed by atoms with van der Waals surface area (Å²) in [4.78, 5) is 21.1. The molecule has 2 N–H and O–H groups in total. The van der Waals surface area contributed by atoms with Gasteiger partial charge in [-0.15, -0.1) is 0 Å². The van der Waals surface area contributed by atoms with Crippen LogP contribution in [0.1, 0.15) is 52.0 Å². The Morgan fingerprint density at radius 3 is 2.77 bits per heavy atom. The number of pyridine rings is 2. The molecule has 3 heterocycles. The third-order valence-electron chi connectivity index (χ3n) is 5.32. The third kappa shape index (κ3) is 6.51. The van der Waals surface area contributed by atoms with E-state index in [2.05, 4.69) is 15.3 Å². The number of carbonyl (C=O) groups is 1. The zero-order chi connectivity index (χ0) is 22.4. The molecule has 3 atom stereocenters. The molecule has 2 aromatic heterocycles. The maximum Gasteiger partial charge on any atom is 0.407 e. The molecule has 0 radical (unpaired) electrons. The number of aryl methyl sites for hydroxylation is 1. The van der Waals surface area contributed by atoms with E-state index in [1.807, 2.05) is 32.9 Å². The molecule has 2 aromatic rings. The van der Waals surface area contributed by atoms with Gasteiger partial charge in [-0.3, -0.25) is 4.98 Å². The van der Waals surface area contributed by atoms with Crippen LogP contribution in [0.25, 0.3) is 11.0 Å². The number of hydrogen-bond donors (Lipinski definition) is 2. The molecule has 1 saturated heterocycles. The van der Waals surface area contributed by atoms with Crippen LogP contribution in [0.15, 0.2) is 24.4 Å². The molecule has 31 heavy (non-hydrogen) atoms. The summed E-state index contributed by atoms with van der Waals surface area (Å²) >= 11 is 0. The van der Waals surface area contributed by atoms with E-state index in [-0.39, 0.29) is 24.9 Å². The number of aromatic nitrogens is 2. The summed E-state index contributed by atoms with van der Waals surface area (Å²) in [5, 5.41) is 12.4. The lowest BCUT2D eigenvalue weighted by atomic mass is 9.93. The standard InChI is InChI=1S/C23H33N3O5/c1-23(2,3)31-22(28)25-17-8-7-16(30-19(17)12-14-27)6-5-15-11-13-24-18-9-10-20(29-4)26-21(15)18/h9-11,13,16-17,19,27H,5-8,12,14H2,1-4H3,(H,25,28)/t16-,17-,19-/m1/s1. The Morgan fingerprint density at radius 2 is 2.06 bits per heavy atom. The molecule has 1 amide bonds. The number of fused-ring (bicyclic) bond motifs is 1. The first-order chi connectivity index (χ1) is 14.8. The molecule has 1 fully saturated rings. The molecular weight excluding hydrogens is 398 g/mol. The van der Waals surface area contributed by atoms with E-state index >= 15 is 0 Å². The molecule has 0 aliphatic carbocycles. The molecule has 0 unspecified atom stereocenters. The van der Waals surface area contributed by atoms with Crippen molar-refractivity contribution in [1.82, 2.24) is 15.3 Å². The molecule has 170 valence electrons. The van der Waals surface area contributed by atoms with E-state index < -0.39 is 11.7 Å². The van der Waals surface area contributed by atoms with Crippen LogP contribution >= 0.6 is 0 Å². The lowest BCUT2D eigenvalue weighted by Gasteiger charge is -2.37. The average molecular weight is 432 g/mol. The minimum absolute atomic E-state index is 0.00257. The van der Waals surface area contributed by atoms with Crippen molar-refractivity contribution >= 4 is 17.1 Å². The summed E-state index contributed by atoms with van der Waals surface area (Å²) in [5.41, 5.74) is 2.22. The van der Waals surface area contributed by atoms with Crippen molar-refractivity contribution < 1.29 is 24.1 Å². The van der Waals surface area contributed by atoms with Crippen LogP contribution in [0.2, 0.25) is 0 Å². The van der Waals surface area contributed by atoms with Crippen molar-refractivity contribution in [3.8, 4) is 5.88 Å². The number of ether oxygens (including phenoxy) is 3. The van der Waals surface area contributed by atoms with Crippen LogP contribution in [0.5, 0.6) is 5.88 Å². The molecule has 3 rings (SSSR count). The van der Waals surface area contributed by atoms with Gasteiger partial charge in [-0.05, 0) is 70.6 Å². The van der Waals surface area contributed by atoms with Crippen molar-refractivity contribution in [2.75, 3.05) is 13.7 Å². The Morgan fingerprint density at radius 1 is 1.26 bits per heavy atom. The van der Waals surface area contributed by atoms with E-state index in [1.165, 1.54) is 0 Å². The fourth-order valence-electron chi connectivity index (χ4n) is 3.89. The zero-order valence-corrected chi connectivity index (χ0v) is 18.8. The number of aliphatic hydroxyl groups excluding tert-OH is 1. The van der Waals surface area contributed by atoms with E-state index in [4.69, 9.17) is 14.2 Å². The first kappa shape index (κ1) is 23.2. The monoisotopic (exact) mass is 431 g/mol. The Labute approximate surface area is 183 Å². The Bertz CT molecular complexity index is 883. The van der Waals surface area contributed by atoms with E-state index in [1.54, 1.807) is 19.4 Å². The van der Waals surface area contributed by atoms with Crippen molar-refractivity contribution in [3.05, 3.63) is 30.0 Å². The second-order valence-corrected chi connectivity index (χ2v) is 8.87. The quantitative estimate of drug-likeness (QED) is 0.693. The normalized spacial score (nSPS) is 21.6. The smallest absolute Gasteiger partial charge is 0.407 e. The Balaban J connectivity index is 1.61. The fourth-order valence-corrected chi connectivity index (χ4v) is 3.89. The molecule has 8 heteroatoms. The molecule has 0 spiro atoms. The highest BCUT2D eigenvalue weighted by Gasteiger charge is 2.33. The first-order valence-corrected chi connectivity index (χ1v) is 10.8. The van der Waals surface area contributed by atoms with Crippen LogP contribution in [-0.4, -0.2) is 58.7 Å². The summed E-state index contributed by atoms with van der Waals surface area (Å²) in [5.74, 6) is 0.565.